The predicted molar refractivity (Wildman–Crippen MR) is 75.2 cm³/mol. The van der Waals surface area contributed by atoms with Crippen LogP contribution in [0.3, 0.4) is 0 Å². The van der Waals surface area contributed by atoms with Crippen LogP contribution < -0.4 is 4.74 Å². The van der Waals surface area contributed by atoms with Crippen molar-refractivity contribution in [3.8, 4) is 5.75 Å². The molecule has 0 aliphatic rings. The molecule has 0 amide bonds. The summed E-state index contributed by atoms with van der Waals surface area (Å²) in [6, 6.07) is 10.1. The maximum Gasteiger partial charge on any atom is 0.122 e. The van der Waals surface area contributed by atoms with Gasteiger partial charge < -0.3 is 4.74 Å². The molecule has 0 N–H and O–H groups in total. The summed E-state index contributed by atoms with van der Waals surface area (Å²) >= 11 is 8.57. The molecule has 0 radical (unpaired) electrons. The molecule has 4 heteroatoms. The number of ether oxygens (including phenoxy) is 1. The number of halogens is 2. The van der Waals surface area contributed by atoms with E-state index < -0.39 is 0 Å². The summed E-state index contributed by atoms with van der Waals surface area (Å²) in [7, 11) is 0. The third kappa shape index (κ3) is 3.09. The lowest BCUT2D eigenvalue weighted by Gasteiger charge is -2.07. The van der Waals surface area contributed by atoms with Crippen molar-refractivity contribution in [2.45, 2.75) is 13.5 Å². The molecular weight excluding hydrogens is 352 g/mol. The van der Waals surface area contributed by atoms with Crippen LogP contribution in [0.25, 0.3) is 0 Å². The van der Waals surface area contributed by atoms with E-state index in [0.717, 1.165) is 19.6 Å². The van der Waals surface area contributed by atoms with E-state index in [1.165, 1.54) is 4.88 Å². The number of hydrogen-bond donors (Lipinski definition) is 0. The summed E-state index contributed by atoms with van der Waals surface area (Å²) in [5.74, 6) is 0.938. The zero-order valence-corrected chi connectivity index (χ0v) is 12.7. The van der Waals surface area contributed by atoms with Gasteiger partial charge in [0.05, 0.1) is 3.79 Å². The molecule has 2 rings (SSSR count). The Kier molecular flexibility index (Phi) is 4.05. The van der Waals surface area contributed by atoms with E-state index in [1.807, 2.05) is 25.1 Å². The molecule has 1 nitrogen and oxygen atoms in total. The van der Waals surface area contributed by atoms with Gasteiger partial charge in [0.2, 0.25) is 0 Å². The molecule has 0 aliphatic carbocycles. The molecule has 0 saturated carbocycles. The number of hydrogen-bond acceptors (Lipinski definition) is 2. The lowest BCUT2D eigenvalue weighted by Crippen LogP contribution is -1.94. The fourth-order valence-electron chi connectivity index (χ4n) is 1.35. The summed E-state index contributed by atoms with van der Waals surface area (Å²) in [5.41, 5.74) is 1.14. The van der Waals surface area contributed by atoms with Gasteiger partial charge in [0.1, 0.15) is 12.4 Å². The highest BCUT2D eigenvalue weighted by molar-refractivity contribution is 9.11. The predicted octanol–water partition coefficient (Wildman–Crippen LogP) is 5.16. The molecule has 0 bridgehead atoms. The van der Waals surface area contributed by atoms with Gasteiger partial charge in [0, 0.05) is 9.35 Å². The van der Waals surface area contributed by atoms with Gasteiger partial charge in [-0.05, 0) is 58.7 Å². The van der Waals surface area contributed by atoms with Gasteiger partial charge in [-0.15, -0.1) is 11.3 Å². The highest BCUT2D eigenvalue weighted by Gasteiger charge is 2.02. The van der Waals surface area contributed by atoms with Gasteiger partial charge in [-0.2, -0.15) is 0 Å². The van der Waals surface area contributed by atoms with Gasteiger partial charge in [-0.1, -0.05) is 15.9 Å². The highest BCUT2D eigenvalue weighted by Crippen LogP contribution is 2.26. The second-order valence-electron chi connectivity index (χ2n) is 3.40. The maximum atomic E-state index is 5.76. The molecule has 0 atom stereocenters. The number of rotatable bonds is 3. The Labute approximate surface area is 116 Å². The lowest BCUT2D eigenvalue weighted by atomic mass is 10.2. The third-order valence-electron chi connectivity index (χ3n) is 2.14. The van der Waals surface area contributed by atoms with Crippen LogP contribution in [0.5, 0.6) is 5.75 Å². The first-order valence-electron chi connectivity index (χ1n) is 4.78. The Morgan fingerprint density at radius 2 is 2.00 bits per heavy atom. The number of aryl methyl sites for hydroxylation is 1. The van der Waals surface area contributed by atoms with Crippen molar-refractivity contribution < 1.29 is 4.74 Å². The Morgan fingerprint density at radius 1 is 1.19 bits per heavy atom. The van der Waals surface area contributed by atoms with Crippen LogP contribution >= 0.6 is 43.2 Å². The molecule has 16 heavy (non-hydrogen) atoms. The van der Waals surface area contributed by atoms with E-state index in [4.69, 9.17) is 4.74 Å². The zero-order valence-electron chi connectivity index (χ0n) is 8.67. The molecular formula is C12H10Br2OS. The van der Waals surface area contributed by atoms with E-state index in [2.05, 4.69) is 44.0 Å². The smallest absolute Gasteiger partial charge is 0.122 e. The first-order valence-corrected chi connectivity index (χ1v) is 7.18. The van der Waals surface area contributed by atoms with Crippen LogP contribution in [0.2, 0.25) is 0 Å². The van der Waals surface area contributed by atoms with Gasteiger partial charge in [0.15, 0.2) is 0 Å². The normalized spacial score (nSPS) is 10.4. The number of benzene rings is 1. The average Bonchev–Trinajstić information content (AvgIpc) is 2.63. The summed E-state index contributed by atoms with van der Waals surface area (Å²) in [4.78, 5) is 1.22. The fraction of sp³-hybridized carbons (Fsp3) is 0.167. The van der Waals surface area contributed by atoms with Gasteiger partial charge >= 0.3 is 0 Å². The fourth-order valence-corrected chi connectivity index (χ4v) is 3.22. The zero-order chi connectivity index (χ0) is 11.5. The van der Waals surface area contributed by atoms with Crippen molar-refractivity contribution in [2.24, 2.45) is 0 Å². The van der Waals surface area contributed by atoms with Crippen molar-refractivity contribution >= 4 is 43.2 Å². The van der Waals surface area contributed by atoms with E-state index in [1.54, 1.807) is 11.3 Å². The van der Waals surface area contributed by atoms with Crippen LogP contribution in [-0.2, 0) is 6.61 Å². The largest absolute Gasteiger partial charge is 0.488 e. The van der Waals surface area contributed by atoms with Crippen molar-refractivity contribution in [3.05, 3.63) is 49.0 Å². The highest BCUT2D eigenvalue weighted by atomic mass is 79.9. The third-order valence-corrected chi connectivity index (χ3v) is 4.23. The lowest BCUT2D eigenvalue weighted by molar-refractivity contribution is 0.307. The van der Waals surface area contributed by atoms with E-state index in [9.17, 15) is 0 Å². The molecule has 0 spiro atoms. The molecule has 84 valence electrons. The Hall–Kier alpha value is -0.320. The number of thiophene rings is 1. The monoisotopic (exact) mass is 360 g/mol. The molecule has 0 aliphatic heterocycles. The van der Waals surface area contributed by atoms with Crippen molar-refractivity contribution in [1.29, 1.82) is 0 Å². The first kappa shape index (κ1) is 12.1. The summed E-state index contributed by atoms with van der Waals surface area (Å²) in [6.45, 7) is 2.67. The Morgan fingerprint density at radius 3 is 2.62 bits per heavy atom. The van der Waals surface area contributed by atoms with Gasteiger partial charge in [-0.3, -0.25) is 0 Å². The maximum absolute atomic E-state index is 5.76. The summed E-state index contributed by atoms with van der Waals surface area (Å²) in [6.07, 6.45) is 0. The minimum atomic E-state index is 0.624. The van der Waals surface area contributed by atoms with Crippen LogP contribution in [0.15, 0.2) is 38.6 Å². The summed E-state index contributed by atoms with van der Waals surface area (Å²) in [5, 5.41) is 0. The Balaban J connectivity index is 2.04. The van der Waals surface area contributed by atoms with Crippen molar-refractivity contribution in [3.63, 3.8) is 0 Å². The Bertz CT molecular complexity index is 494. The molecule has 0 unspecified atom stereocenters. The van der Waals surface area contributed by atoms with E-state index >= 15 is 0 Å². The molecule has 0 fully saturated rings. The first-order chi connectivity index (χ1) is 7.65. The molecule has 1 heterocycles. The molecule has 2 aromatic rings. The van der Waals surface area contributed by atoms with Gasteiger partial charge in [-0.25, -0.2) is 0 Å². The topological polar surface area (TPSA) is 9.23 Å². The van der Waals surface area contributed by atoms with Crippen LogP contribution in [-0.4, -0.2) is 0 Å². The van der Waals surface area contributed by atoms with Crippen LogP contribution in [0, 0.1) is 6.92 Å². The minimum absolute atomic E-state index is 0.624. The van der Waals surface area contributed by atoms with Crippen molar-refractivity contribution in [2.75, 3.05) is 0 Å². The van der Waals surface area contributed by atoms with E-state index in [-0.39, 0.29) is 0 Å². The second-order valence-corrected chi connectivity index (χ2v) is 6.87. The quantitative estimate of drug-likeness (QED) is 0.733. The summed E-state index contributed by atoms with van der Waals surface area (Å²) < 4.78 is 7.98. The molecule has 1 aromatic heterocycles. The molecule has 1 aromatic carbocycles. The average molecular weight is 362 g/mol. The van der Waals surface area contributed by atoms with E-state index in [0.29, 0.717) is 6.61 Å². The second kappa shape index (κ2) is 5.34. The van der Waals surface area contributed by atoms with Crippen LogP contribution in [0.1, 0.15) is 10.4 Å². The molecule has 0 saturated heterocycles. The standard InChI is InChI=1S/C12H10Br2OS/c1-8-6-9(13)2-4-11(8)15-7-10-3-5-12(14)16-10/h2-6H,7H2,1H3. The van der Waals surface area contributed by atoms with Crippen molar-refractivity contribution in [1.82, 2.24) is 0 Å². The van der Waals surface area contributed by atoms with Gasteiger partial charge in [0.25, 0.3) is 0 Å². The minimum Gasteiger partial charge on any atom is -0.488 e. The SMILES string of the molecule is Cc1cc(Br)ccc1OCc1ccc(Br)s1. The van der Waals surface area contributed by atoms with Crippen LogP contribution in [0.4, 0.5) is 0 Å².